The Hall–Kier alpha value is -2.70. The number of rotatable bonds is 4. The largest absolute Gasteiger partial charge is 0.493 e. The number of ether oxygens (including phenoxy) is 3. The van der Waals surface area contributed by atoms with Gasteiger partial charge in [0.25, 0.3) is 0 Å². The minimum absolute atomic E-state index is 0.0375. The molecule has 0 unspecified atom stereocenters. The van der Waals surface area contributed by atoms with E-state index >= 15 is 0 Å². The molecule has 0 N–H and O–H groups in total. The molecule has 3 heterocycles. The molecule has 5 rings (SSSR count). The molecule has 7 heteroatoms. The van der Waals surface area contributed by atoms with Gasteiger partial charge >= 0.3 is 0 Å². The summed E-state index contributed by atoms with van der Waals surface area (Å²) >= 11 is 7.99. The predicted molar refractivity (Wildman–Crippen MR) is 114 cm³/mol. The molecule has 2 aromatic carbocycles. The molecule has 2 aliphatic rings. The number of thiophene rings is 1. The van der Waals surface area contributed by atoms with Crippen LogP contribution in [0.15, 0.2) is 59.0 Å². The van der Waals surface area contributed by atoms with Crippen LogP contribution in [0.4, 0.5) is 0 Å². The lowest BCUT2D eigenvalue weighted by molar-refractivity contribution is -0.0205. The lowest BCUT2D eigenvalue weighted by Crippen LogP contribution is -2.34. The molecule has 0 aliphatic carbocycles. The van der Waals surface area contributed by atoms with E-state index < -0.39 is 6.23 Å². The third-order valence-electron chi connectivity index (χ3n) is 5.26. The van der Waals surface area contributed by atoms with Gasteiger partial charge in [-0.3, -0.25) is 0 Å². The summed E-state index contributed by atoms with van der Waals surface area (Å²) in [5, 5.41) is 9.74. The van der Waals surface area contributed by atoms with Crippen LogP contribution in [0.3, 0.4) is 0 Å². The summed E-state index contributed by atoms with van der Waals surface area (Å²) in [5.74, 6) is 2.12. The standard InChI is InChI=1S/C22H19ClN2O3S/c1-26-19-6-3-5-14(21(19)27-2)22-25-17(12-16(24-25)20-7-4-10-29-20)15-11-13(23)8-9-18(15)28-22/h3-11,17,22H,12H2,1-2H3/t17-,22+/m1/s1. The highest BCUT2D eigenvalue weighted by Crippen LogP contribution is 2.50. The molecule has 0 fully saturated rings. The molecule has 2 aliphatic heterocycles. The minimum Gasteiger partial charge on any atom is -0.493 e. The zero-order valence-corrected chi connectivity index (χ0v) is 17.5. The molecule has 5 nitrogen and oxygen atoms in total. The minimum atomic E-state index is -0.434. The van der Waals surface area contributed by atoms with Gasteiger partial charge in [-0.25, -0.2) is 5.01 Å². The van der Waals surface area contributed by atoms with Crippen molar-refractivity contribution in [2.45, 2.75) is 18.7 Å². The molecular weight excluding hydrogens is 408 g/mol. The molecule has 1 aromatic heterocycles. The Balaban J connectivity index is 1.65. The fourth-order valence-corrected chi connectivity index (χ4v) is 4.86. The van der Waals surface area contributed by atoms with E-state index in [-0.39, 0.29) is 6.04 Å². The molecule has 2 atom stereocenters. The number of methoxy groups -OCH3 is 2. The highest BCUT2D eigenvalue weighted by atomic mass is 35.5. The highest BCUT2D eigenvalue weighted by Gasteiger charge is 2.42. The summed E-state index contributed by atoms with van der Waals surface area (Å²) in [6.07, 6.45) is 0.358. The van der Waals surface area contributed by atoms with Crippen molar-refractivity contribution in [1.82, 2.24) is 5.01 Å². The monoisotopic (exact) mass is 426 g/mol. The van der Waals surface area contributed by atoms with Crippen molar-refractivity contribution in [2.24, 2.45) is 5.10 Å². The first-order valence-corrected chi connectivity index (χ1v) is 10.5. The zero-order chi connectivity index (χ0) is 20.0. The number of hydrogen-bond acceptors (Lipinski definition) is 6. The molecule has 3 aromatic rings. The number of para-hydroxylation sites is 1. The van der Waals surface area contributed by atoms with E-state index in [1.807, 2.05) is 47.5 Å². The Morgan fingerprint density at radius 2 is 2.00 bits per heavy atom. The maximum Gasteiger partial charge on any atom is 0.217 e. The zero-order valence-electron chi connectivity index (χ0n) is 16.0. The normalized spacial score (nSPS) is 19.8. The van der Waals surface area contributed by atoms with E-state index in [4.69, 9.17) is 30.9 Å². The third-order valence-corrected chi connectivity index (χ3v) is 6.41. The van der Waals surface area contributed by atoms with Crippen molar-refractivity contribution >= 4 is 28.6 Å². The number of halogens is 1. The fraction of sp³-hybridized carbons (Fsp3) is 0.227. The van der Waals surface area contributed by atoms with E-state index in [1.165, 1.54) is 4.88 Å². The van der Waals surface area contributed by atoms with Crippen LogP contribution in [0.25, 0.3) is 0 Å². The summed E-state index contributed by atoms with van der Waals surface area (Å²) in [6.45, 7) is 0. The quantitative estimate of drug-likeness (QED) is 0.539. The lowest BCUT2D eigenvalue weighted by atomic mass is 9.97. The van der Waals surface area contributed by atoms with Crippen LogP contribution in [0, 0.1) is 0 Å². The van der Waals surface area contributed by atoms with Crippen LogP contribution < -0.4 is 14.2 Å². The van der Waals surface area contributed by atoms with Crippen molar-refractivity contribution in [1.29, 1.82) is 0 Å². The molecule has 0 spiro atoms. The Bertz CT molecular complexity index is 1080. The molecule has 148 valence electrons. The summed E-state index contributed by atoms with van der Waals surface area (Å²) < 4.78 is 17.6. The molecule has 0 amide bonds. The average molecular weight is 427 g/mol. The first kappa shape index (κ1) is 18.3. The third kappa shape index (κ3) is 3.03. The van der Waals surface area contributed by atoms with E-state index in [2.05, 4.69) is 11.4 Å². The fourth-order valence-electron chi connectivity index (χ4n) is 3.96. The van der Waals surface area contributed by atoms with Gasteiger partial charge in [-0.15, -0.1) is 11.3 Å². The van der Waals surface area contributed by atoms with E-state index in [0.29, 0.717) is 16.5 Å². The van der Waals surface area contributed by atoms with E-state index in [9.17, 15) is 0 Å². The number of benzene rings is 2. The first-order chi connectivity index (χ1) is 14.2. The predicted octanol–water partition coefficient (Wildman–Crippen LogP) is 5.66. The number of fused-ring (bicyclic) bond motifs is 3. The Morgan fingerprint density at radius 1 is 1.10 bits per heavy atom. The van der Waals surface area contributed by atoms with Crippen LogP contribution in [-0.2, 0) is 0 Å². The van der Waals surface area contributed by atoms with Gasteiger partial charge in [0, 0.05) is 17.0 Å². The molecular formula is C22H19ClN2O3S. The average Bonchev–Trinajstić information content (AvgIpc) is 3.42. The first-order valence-electron chi connectivity index (χ1n) is 9.26. The topological polar surface area (TPSA) is 43.3 Å². The summed E-state index contributed by atoms with van der Waals surface area (Å²) in [5.41, 5.74) is 2.97. The van der Waals surface area contributed by atoms with E-state index in [0.717, 1.165) is 29.0 Å². The van der Waals surface area contributed by atoms with Gasteiger partial charge in [0.2, 0.25) is 6.23 Å². The molecule has 0 saturated heterocycles. The molecule has 0 radical (unpaired) electrons. The molecule has 0 saturated carbocycles. The maximum absolute atomic E-state index is 6.42. The SMILES string of the molecule is COc1cccc([C@@H]2Oc3ccc(Cl)cc3[C@H]3CC(c4cccs4)=NN32)c1OC. The summed E-state index contributed by atoms with van der Waals surface area (Å²) in [4.78, 5) is 1.17. The van der Waals surface area contributed by atoms with E-state index in [1.54, 1.807) is 25.6 Å². The van der Waals surface area contributed by atoms with Gasteiger partial charge in [-0.1, -0.05) is 23.7 Å². The van der Waals surface area contributed by atoms with Crippen LogP contribution in [0.1, 0.15) is 34.7 Å². The van der Waals surface area contributed by atoms with Crippen LogP contribution in [0.5, 0.6) is 17.2 Å². The van der Waals surface area contributed by atoms with Crippen molar-refractivity contribution in [3.05, 3.63) is 74.9 Å². The van der Waals surface area contributed by atoms with Gasteiger partial charge in [0.1, 0.15) is 5.75 Å². The molecule has 0 bridgehead atoms. The van der Waals surface area contributed by atoms with Gasteiger partial charge in [-0.05, 0) is 41.8 Å². The Labute approximate surface area is 178 Å². The van der Waals surface area contributed by atoms with Crippen molar-refractivity contribution in [3.63, 3.8) is 0 Å². The summed E-state index contributed by atoms with van der Waals surface area (Å²) in [7, 11) is 3.27. The van der Waals surface area contributed by atoms with Crippen molar-refractivity contribution in [3.8, 4) is 17.2 Å². The van der Waals surface area contributed by atoms with Gasteiger partial charge in [0.05, 0.1) is 36.4 Å². The Morgan fingerprint density at radius 3 is 2.76 bits per heavy atom. The highest BCUT2D eigenvalue weighted by molar-refractivity contribution is 7.12. The number of nitrogens with zero attached hydrogens (tertiary/aromatic N) is 2. The number of hydrogen-bond donors (Lipinski definition) is 0. The second-order valence-corrected chi connectivity index (χ2v) is 8.24. The second-order valence-electron chi connectivity index (χ2n) is 6.86. The Kier molecular flexibility index (Phi) is 4.60. The smallest absolute Gasteiger partial charge is 0.217 e. The van der Waals surface area contributed by atoms with Crippen molar-refractivity contribution in [2.75, 3.05) is 14.2 Å². The van der Waals surface area contributed by atoms with Gasteiger partial charge < -0.3 is 14.2 Å². The van der Waals surface area contributed by atoms with Crippen molar-refractivity contribution < 1.29 is 14.2 Å². The maximum atomic E-state index is 6.42. The van der Waals surface area contributed by atoms with Gasteiger partial charge in [0.15, 0.2) is 11.5 Å². The number of hydrazone groups is 1. The van der Waals surface area contributed by atoms with Crippen LogP contribution in [-0.4, -0.2) is 24.9 Å². The lowest BCUT2D eigenvalue weighted by Gasteiger charge is -2.38. The van der Waals surface area contributed by atoms with Crippen LogP contribution in [0.2, 0.25) is 5.02 Å². The molecule has 29 heavy (non-hydrogen) atoms. The summed E-state index contributed by atoms with van der Waals surface area (Å²) in [6, 6.07) is 15.7. The van der Waals surface area contributed by atoms with Crippen LogP contribution >= 0.6 is 22.9 Å². The van der Waals surface area contributed by atoms with Gasteiger partial charge in [-0.2, -0.15) is 5.10 Å². The second kappa shape index (κ2) is 7.28.